The third-order valence-corrected chi connectivity index (χ3v) is 5.04. The van der Waals surface area contributed by atoms with Gasteiger partial charge in [0.05, 0.1) is 6.04 Å². The van der Waals surface area contributed by atoms with Crippen molar-refractivity contribution in [1.29, 1.82) is 0 Å². The maximum Gasteiger partial charge on any atom is 0.573 e. The van der Waals surface area contributed by atoms with E-state index >= 15 is 0 Å². The first kappa shape index (κ1) is 18.8. The van der Waals surface area contributed by atoms with Gasteiger partial charge in [-0.3, -0.25) is 4.90 Å². The Morgan fingerprint density at radius 1 is 0.821 bits per heavy atom. The van der Waals surface area contributed by atoms with E-state index in [9.17, 15) is 13.2 Å². The van der Waals surface area contributed by atoms with Crippen molar-refractivity contribution >= 4 is 10.8 Å². The second kappa shape index (κ2) is 7.81. The van der Waals surface area contributed by atoms with Gasteiger partial charge in [0.15, 0.2) is 0 Å². The predicted octanol–water partition coefficient (Wildman–Crippen LogP) is 4.73. The van der Waals surface area contributed by atoms with Gasteiger partial charge in [-0.15, -0.1) is 13.2 Å². The Balaban J connectivity index is 1.70. The molecule has 0 unspecified atom stereocenters. The van der Waals surface area contributed by atoms with Crippen LogP contribution in [0.3, 0.4) is 0 Å². The number of alkyl halides is 3. The van der Waals surface area contributed by atoms with Gasteiger partial charge in [0.2, 0.25) is 0 Å². The number of fused-ring (bicyclic) bond motifs is 1. The smallest absolute Gasteiger partial charge is 0.406 e. The molecule has 0 bridgehead atoms. The lowest BCUT2D eigenvalue weighted by molar-refractivity contribution is -0.274. The number of benzene rings is 3. The molecule has 1 heterocycles. The van der Waals surface area contributed by atoms with E-state index < -0.39 is 6.36 Å². The zero-order valence-electron chi connectivity index (χ0n) is 15.2. The summed E-state index contributed by atoms with van der Waals surface area (Å²) in [5.74, 6) is -0.200. The Morgan fingerprint density at radius 3 is 2.14 bits per heavy atom. The van der Waals surface area contributed by atoms with Crippen molar-refractivity contribution in [2.45, 2.75) is 12.4 Å². The molecule has 1 N–H and O–H groups in total. The van der Waals surface area contributed by atoms with Gasteiger partial charge in [-0.1, -0.05) is 48.5 Å². The van der Waals surface area contributed by atoms with Gasteiger partial charge in [-0.05, 0) is 40.1 Å². The fourth-order valence-electron chi connectivity index (χ4n) is 3.78. The number of halogens is 3. The maximum absolute atomic E-state index is 12.5. The van der Waals surface area contributed by atoms with Crippen molar-refractivity contribution in [3.63, 3.8) is 0 Å². The quantitative estimate of drug-likeness (QED) is 0.701. The molecule has 1 atom stereocenters. The molecule has 146 valence electrons. The predicted molar refractivity (Wildman–Crippen MR) is 103 cm³/mol. The lowest BCUT2D eigenvalue weighted by Gasteiger charge is -2.35. The molecular weight excluding hydrogens is 365 g/mol. The molecular formula is C22H21F3N2O. The van der Waals surface area contributed by atoms with Crippen molar-refractivity contribution in [2.24, 2.45) is 0 Å². The SMILES string of the molecule is FC(F)(F)Oc1ccc([C@@H](c2ccc3ccccc3c2)N2CCNCC2)cc1. The molecule has 3 aromatic rings. The molecule has 3 aromatic carbocycles. The average Bonchev–Trinajstić information content (AvgIpc) is 2.69. The Bertz CT molecular complexity index is 934. The summed E-state index contributed by atoms with van der Waals surface area (Å²) in [4.78, 5) is 2.36. The summed E-state index contributed by atoms with van der Waals surface area (Å²) in [6, 6.07) is 20.7. The average molecular weight is 386 g/mol. The third kappa shape index (κ3) is 4.29. The normalized spacial score (nSPS) is 16.8. The van der Waals surface area contributed by atoms with Gasteiger partial charge >= 0.3 is 6.36 Å². The number of hydrogen-bond acceptors (Lipinski definition) is 3. The number of rotatable bonds is 4. The van der Waals surface area contributed by atoms with Crippen LogP contribution in [0.5, 0.6) is 5.75 Å². The maximum atomic E-state index is 12.5. The second-order valence-electron chi connectivity index (χ2n) is 6.91. The van der Waals surface area contributed by atoms with Crippen LogP contribution >= 0.6 is 0 Å². The molecule has 0 spiro atoms. The van der Waals surface area contributed by atoms with E-state index in [0.717, 1.165) is 42.7 Å². The summed E-state index contributed by atoms with van der Waals surface area (Å²) < 4.78 is 41.4. The molecule has 0 aromatic heterocycles. The molecule has 3 nitrogen and oxygen atoms in total. The number of nitrogens with one attached hydrogen (secondary N) is 1. The molecule has 4 rings (SSSR count). The highest BCUT2D eigenvalue weighted by molar-refractivity contribution is 5.83. The van der Waals surface area contributed by atoms with E-state index in [1.165, 1.54) is 17.5 Å². The van der Waals surface area contributed by atoms with Gasteiger partial charge in [0.25, 0.3) is 0 Å². The topological polar surface area (TPSA) is 24.5 Å². The largest absolute Gasteiger partial charge is 0.573 e. The summed E-state index contributed by atoms with van der Waals surface area (Å²) in [5.41, 5.74) is 2.08. The second-order valence-corrected chi connectivity index (χ2v) is 6.91. The highest BCUT2D eigenvalue weighted by Crippen LogP contribution is 2.33. The van der Waals surface area contributed by atoms with E-state index in [4.69, 9.17) is 0 Å². The molecule has 0 saturated carbocycles. The zero-order valence-corrected chi connectivity index (χ0v) is 15.2. The zero-order chi connectivity index (χ0) is 19.6. The van der Waals surface area contributed by atoms with E-state index in [1.807, 2.05) is 12.1 Å². The lowest BCUT2D eigenvalue weighted by Crippen LogP contribution is -2.45. The Morgan fingerprint density at radius 2 is 1.46 bits per heavy atom. The number of ether oxygens (including phenoxy) is 1. The molecule has 1 aliphatic rings. The molecule has 1 aliphatic heterocycles. The minimum atomic E-state index is -4.68. The van der Waals surface area contributed by atoms with E-state index in [0.29, 0.717) is 0 Å². The highest BCUT2D eigenvalue weighted by Gasteiger charge is 2.31. The molecule has 0 amide bonds. The summed E-state index contributed by atoms with van der Waals surface area (Å²) in [6.45, 7) is 3.52. The monoisotopic (exact) mass is 386 g/mol. The van der Waals surface area contributed by atoms with E-state index in [-0.39, 0.29) is 11.8 Å². The van der Waals surface area contributed by atoms with Gasteiger partial charge in [0, 0.05) is 26.2 Å². The minimum Gasteiger partial charge on any atom is -0.406 e. The first-order valence-corrected chi connectivity index (χ1v) is 9.29. The molecule has 0 aliphatic carbocycles. The van der Waals surface area contributed by atoms with E-state index in [2.05, 4.69) is 45.3 Å². The van der Waals surface area contributed by atoms with Crippen molar-refractivity contribution in [3.8, 4) is 5.75 Å². The summed E-state index contributed by atoms with van der Waals surface area (Å²) >= 11 is 0. The first-order chi connectivity index (χ1) is 13.5. The number of nitrogens with zero attached hydrogens (tertiary/aromatic N) is 1. The fourth-order valence-corrected chi connectivity index (χ4v) is 3.78. The van der Waals surface area contributed by atoms with Crippen LogP contribution in [0.4, 0.5) is 13.2 Å². The van der Waals surface area contributed by atoms with Gasteiger partial charge in [0.1, 0.15) is 5.75 Å². The minimum absolute atomic E-state index is 0.0216. The van der Waals surface area contributed by atoms with Crippen molar-refractivity contribution < 1.29 is 17.9 Å². The third-order valence-electron chi connectivity index (χ3n) is 5.04. The van der Waals surface area contributed by atoms with Crippen molar-refractivity contribution in [2.75, 3.05) is 26.2 Å². The standard InChI is InChI=1S/C22H21F3N2O/c23-22(24,25)28-20-9-7-17(8-10-20)21(27-13-11-26-12-14-27)19-6-5-16-3-1-2-4-18(16)15-19/h1-10,15,21,26H,11-14H2/t21-/m0/s1. The van der Waals surface area contributed by atoms with Crippen LogP contribution < -0.4 is 10.1 Å². The van der Waals surface area contributed by atoms with Crippen LogP contribution in [0, 0.1) is 0 Å². The van der Waals surface area contributed by atoms with Gasteiger partial charge < -0.3 is 10.1 Å². The Labute approximate surface area is 161 Å². The van der Waals surface area contributed by atoms with Crippen LogP contribution in [-0.4, -0.2) is 37.4 Å². The lowest BCUT2D eigenvalue weighted by atomic mass is 9.94. The summed E-state index contributed by atoms with van der Waals surface area (Å²) in [5, 5.41) is 5.67. The number of hydrogen-bond donors (Lipinski definition) is 1. The molecule has 1 fully saturated rings. The van der Waals surface area contributed by atoms with Crippen LogP contribution in [0.25, 0.3) is 10.8 Å². The highest BCUT2D eigenvalue weighted by atomic mass is 19.4. The summed E-state index contributed by atoms with van der Waals surface area (Å²) in [6.07, 6.45) is -4.68. The molecule has 1 saturated heterocycles. The summed E-state index contributed by atoms with van der Waals surface area (Å²) in [7, 11) is 0. The molecule has 6 heteroatoms. The fraction of sp³-hybridized carbons (Fsp3) is 0.273. The molecule has 0 radical (unpaired) electrons. The first-order valence-electron chi connectivity index (χ1n) is 9.29. The van der Waals surface area contributed by atoms with Gasteiger partial charge in [-0.2, -0.15) is 0 Å². The Hall–Kier alpha value is -2.57. The number of piperazine rings is 1. The van der Waals surface area contributed by atoms with Crippen molar-refractivity contribution in [1.82, 2.24) is 10.2 Å². The van der Waals surface area contributed by atoms with Crippen LogP contribution in [-0.2, 0) is 0 Å². The molecule has 28 heavy (non-hydrogen) atoms. The van der Waals surface area contributed by atoms with Crippen molar-refractivity contribution in [3.05, 3.63) is 77.9 Å². The van der Waals surface area contributed by atoms with Crippen LogP contribution in [0.15, 0.2) is 66.7 Å². The van der Waals surface area contributed by atoms with Crippen LogP contribution in [0.1, 0.15) is 17.2 Å². The van der Waals surface area contributed by atoms with Crippen LogP contribution in [0.2, 0.25) is 0 Å². The Kier molecular flexibility index (Phi) is 5.24. The van der Waals surface area contributed by atoms with Gasteiger partial charge in [-0.25, -0.2) is 0 Å². The van der Waals surface area contributed by atoms with E-state index in [1.54, 1.807) is 12.1 Å².